The first-order chi connectivity index (χ1) is 15.4. The van der Waals surface area contributed by atoms with Crippen LogP contribution in [0, 0.1) is 5.92 Å². The number of ether oxygens (including phenoxy) is 1. The Morgan fingerprint density at radius 2 is 1.91 bits per heavy atom. The molecule has 1 amide bonds. The number of fused-ring (bicyclic) bond motifs is 1. The van der Waals surface area contributed by atoms with Crippen LogP contribution in [0.15, 0.2) is 47.4 Å². The molecule has 1 aliphatic carbocycles. The zero-order chi connectivity index (χ0) is 22.7. The highest BCUT2D eigenvalue weighted by atomic mass is 35.5. The van der Waals surface area contributed by atoms with Crippen molar-refractivity contribution in [2.24, 2.45) is 5.92 Å². The molecule has 172 valence electrons. The van der Waals surface area contributed by atoms with Gasteiger partial charge in [0.05, 0.1) is 22.6 Å². The quantitative estimate of drug-likeness (QED) is 0.673. The highest BCUT2D eigenvalue weighted by Crippen LogP contribution is 2.32. The maximum absolute atomic E-state index is 13.1. The van der Waals surface area contributed by atoms with Gasteiger partial charge in [-0.1, -0.05) is 35.9 Å². The molecule has 2 aromatic rings. The number of piperidine rings is 1. The van der Waals surface area contributed by atoms with Crippen molar-refractivity contribution in [1.82, 2.24) is 9.62 Å². The largest absolute Gasteiger partial charge is 0.492 e. The van der Waals surface area contributed by atoms with E-state index in [9.17, 15) is 13.2 Å². The number of amides is 1. The van der Waals surface area contributed by atoms with Gasteiger partial charge in [-0.25, -0.2) is 8.42 Å². The SMILES string of the molecule is CCOc1ccc(S(=O)(=O)N2CCC(C(=O)N[C@@H]3CCCc4ccccc43)CC2)cc1Cl. The summed E-state index contributed by atoms with van der Waals surface area (Å²) in [6, 6.07) is 12.9. The van der Waals surface area contributed by atoms with E-state index in [1.807, 2.05) is 19.1 Å². The number of carbonyl (C=O) groups is 1. The van der Waals surface area contributed by atoms with Gasteiger partial charge in [0.1, 0.15) is 5.75 Å². The molecule has 0 saturated carbocycles. The van der Waals surface area contributed by atoms with Crippen molar-refractivity contribution in [3.8, 4) is 5.75 Å². The van der Waals surface area contributed by atoms with Crippen molar-refractivity contribution in [1.29, 1.82) is 0 Å². The molecular weight excluding hydrogens is 448 g/mol. The van der Waals surface area contributed by atoms with Gasteiger partial charge in [-0.2, -0.15) is 4.31 Å². The van der Waals surface area contributed by atoms with Crippen molar-refractivity contribution in [3.05, 3.63) is 58.6 Å². The Kier molecular flexibility index (Phi) is 7.08. The number of carbonyl (C=O) groups excluding carboxylic acids is 1. The Labute approximate surface area is 195 Å². The molecule has 1 N–H and O–H groups in total. The van der Waals surface area contributed by atoms with E-state index < -0.39 is 10.0 Å². The summed E-state index contributed by atoms with van der Waals surface area (Å²) in [5, 5.41) is 3.49. The minimum atomic E-state index is -3.67. The van der Waals surface area contributed by atoms with Crippen molar-refractivity contribution >= 4 is 27.5 Å². The molecule has 0 spiro atoms. The lowest BCUT2D eigenvalue weighted by Gasteiger charge is -2.32. The molecule has 6 nitrogen and oxygen atoms in total. The summed E-state index contributed by atoms with van der Waals surface area (Å²) in [4.78, 5) is 13.1. The fourth-order valence-corrected chi connectivity index (χ4v) is 6.41. The number of benzene rings is 2. The molecule has 0 bridgehead atoms. The molecule has 1 fully saturated rings. The van der Waals surface area contributed by atoms with Gasteiger partial charge in [-0.05, 0) is 68.4 Å². The average Bonchev–Trinajstić information content (AvgIpc) is 2.81. The van der Waals surface area contributed by atoms with Gasteiger partial charge in [0.15, 0.2) is 0 Å². The maximum Gasteiger partial charge on any atom is 0.243 e. The zero-order valence-electron chi connectivity index (χ0n) is 18.2. The Morgan fingerprint density at radius 3 is 2.62 bits per heavy atom. The van der Waals surface area contributed by atoms with E-state index in [1.165, 1.54) is 27.6 Å². The topological polar surface area (TPSA) is 75.7 Å². The normalized spacial score (nSPS) is 19.9. The van der Waals surface area contributed by atoms with Crippen LogP contribution in [-0.4, -0.2) is 38.3 Å². The van der Waals surface area contributed by atoms with Crippen LogP contribution in [0.1, 0.15) is 49.8 Å². The summed E-state index contributed by atoms with van der Waals surface area (Å²) in [7, 11) is -3.67. The first-order valence-electron chi connectivity index (χ1n) is 11.2. The number of sulfonamides is 1. The van der Waals surface area contributed by atoms with E-state index in [0.29, 0.717) is 38.3 Å². The molecule has 1 aliphatic heterocycles. The first-order valence-corrected chi connectivity index (χ1v) is 13.0. The fraction of sp³-hybridized carbons (Fsp3) is 0.458. The van der Waals surface area contributed by atoms with Crippen LogP contribution >= 0.6 is 11.6 Å². The molecule has 1 saturated heterocycles. The smallest absolute Gasteiger partial charge is 0.243 e. The van der Waals surface area contributed by atoms with Gasteiger partial charge in [0, 0.05) is 19.0 Å². The third-order valence-electron chi connectivity index (χ3n) is 6.35. The van der Waals surface area contributed by atoms with Crippen LogP contribution in [0.25, 0.3) is 0 Å². The first kappa shape index (κ1) is 23.1. The Hall–Kier alpha value is -2.09. The summed E-state index contributed by atoms with van der Waals surface area (Å²) >= 11 is 6.19. The van der Waals surface area contributed by atoms with Gasteiger partial charge in [-0.15, -0.1) is 0 Å². The summed E-state index contributed by atoms with van der Waals surface area (Å²) in [6.45, 7) is 2.92. The zero-order valence-corrected chi connectivity index (χ0v) is 19.8. The molecule has 1 heterocycles. The molecule has 1 atom stereocenters. The lowest BCUT2D eigenvalue weighted by Crippen LogP contribution is -2.44. The fourth-order valence-electron chi connectivity index (χ4n) is 4.62. The molecule has 0 radical (unpaired) electrons. The van der Waals surface area contributed by atoms with Crippen LogP contribution in [0.2, 0.25) is 5.02 Å². The number of aryl methyl sites for hydroxylation is 1. The van der Waals surface area contributed by atoms with Gasteiger partial charge in [0.2, 0.25) is 15.9 Å². The minimum absolute atomic E-state index is 0.0212. The predicted octanol–water partition coefficient (Wildman–Crippen LogP) is 4.33. The van der Waals surface area contributed by atoms with Crippen LogP contribution < -0.4 is 10.1 Å². The molecule has 8 heteroatoms. The second kappa shape index (κ2) is 9.81. The van der Waals surface area contributed by atoms with Crippen molar-refractivity contribution in [2.45, 2.75) is 50.0 Å². The lowest BCUT2D eigenvalue weighted by molar-refractivity contribution is -0.127. The second-order valence-corrected chi connectivity index (χ2v) is 10.7. The number of nitrogens with zero attached hydrogens (tertiary/aromatic N) is 1. The molecule has 32 heavy (non-hydrogen) atoms. The molecule has 0 aromatic heterocycles. The van der Waals surface area contributed by atoms with E-state index in [2.05, 4.69) is 17.4 Å². The number of hydrogen-bond acceptors (Lipinski definition) is 4. The van der Waals surface area contributed by atoms with E-state index in [-0.39, 0.29) is 27.8 Å². The van der Waals surface area contributed by atoms with Crippen LogP contribution in [0.5, 0.6) is 5.75 Å². The average molecular weight is 477 g/mol. The van der Waals surface area contributed by atoms with Crippen molar-refractivity contribution < 1.29 is 17.9 Å². The van der Waals surface area contributed by atoms with E-state index in [1.54, 1.807) is 6.07 Å². The standard InChI is InChI=1S/C24H29ClN2O4S/c1-2-31-23-11-10-19(16-21(23)25)32(29,30)27-14-12-18(13-15-27)24(28)26-22-9-5-7-17-6-3-4-8-20(17)22/h3-4,6,8,10-11,16,18,22H,2,5,7,9,12-15H2,1H3,(H,26,28)/t22-/m1/s1. The molecule has 0 unspecified atom stereocenters. The number of nitrogens with one attached hydrogen (secondary N) is 1. The summed E-state index contributed by atoms with van der Waals surface area (Å²) < 4.78 is 33.0. The molecule has 4 rings (SSSR count). The van der Waals surface area contributed by atoms with Crippen molar-refractivity contribution in [3.63, 3.8) is 0 Å². The van der Waals surface area contributed by atoms with E-state index in [4.69, 9.17) is 16.3 Å². The molecule has 2 aromatic carbocycles. The lowest BCUT2D eigenvalue weighted by atomic mass is 9.87. The number of halogens is 1. The highest BCUT2D eigenvalue weighted by Gasteiger charge is 2.33. The Balaban J connectivity index is 1.38. The summed E-state index contributed by atoms with van der Waals surface area (Å²) in [5.41, 5.74) is 2.51. The summed E-state index contributed by atoms with van der Waals surface area (Å²) in [6.07, 6.45) is 4.06. The third-order valence-corrected chi connectivity index (χ3v) is 8.54. The monoisotopic (exact) mass is 476 g/mol. The Morgan fingerprint density at radius 1 is 1.16 bits per heavy atom. The van der Waals surface area contributed by atoms with E-state index in [0.717, 1.165) is 19.3 Å². The highest BCUT2D eigenvalue weighted by molar-refractivity contribution is 7.89. The van der Waals surface area contributed by atoms with Gasteiger partial charge in [-0.3, -0.25) is 4.79 Å². The third kappa shape index (κ3) is 4.80. The summed E-state index contributed by atoms with van der Waals surface area (Å²) in [5.74, 6) is 0.306. The van der Waals surface area contributed by atoms with E-state index >= 15 is 0 Å². The van der Waals surface area contributed by atoms with Crippen LogP contribution in [0.3, 0.4) is 0 Å². The van der Waals surface area contributed by atoms with Crippen LogP contribution in [-0.2, 0) is 21.2 Å². The minimum Gasteiger partial charge on any atom is -0.492 e. The predicted molar refractivity (Wildman–Crippen MR) is 124 cm³/mol. The van der Waals surface area contributed by atoms with Gasteiger partial charge >= 0.3 is 0 Å². The maximum atomic E-state index is 13.1. The Bertz CT molecular complexity index is 1080. The van der Waals surface area contributed by atoms with Gasteiger partial charge < -0.3 is 10.1 Å². The second-order valence-electron chi connectivity index (χ2n) is 8.36. The van der Waals surface area contributed by atoms with Gasteiger partial charge in [0.25, 0.3) is 0 Å². The van der Waals surface area contributed by atoms with Crippen LogP contribution in [0.4, 0.5) is 0 Å². The molecular formula is C24H29ClN2O4S. The van der Waals surface area contributed by atoms with Crippen molar-refractivity contribution in [2.75, 3.05) is 19.7 Å². The molecule has 2 aliphatic rings. The number of hydrogen-bond donors (Lipinski definition) is 1. The number of rotatable bonds is 6.